The van der Waals surface area contributed by atoms with Gasteiger partial charge in [-0.3, -0.25) is 10.3 Å². The van der Waals surface area contributed by atoms with Gasteiger partial charge in [0.2, 0.25) is 0 Å². The van der Waals surface area contributed by atoms with Crippen molar-refractivity contribution in [3.05, 3.63) is 0 Å². The van der Waals surface area contributed by atoms with E-state index in [1.807, 2.05) is 0 Å². The number of hydrogen-bond donors (Lipinski definition) is 2. The van der Waals surface area contributed by atoms with Crippen molar-refractivity contribution in [1.82, 2.24) is 4.90 Å². The minimum atomic E-state index is 0.156. The Kier molecular flexibility index (Phi) is 3.72. The van der Waals surface area contributed by atoms with Crippen LogP contribution in [-0.2, 0) is 0 Å². The Morgan fingerprint density at radius 2 is 2.08 bits per heavy atom. The lowest BCUT2D eigenvalue weighted by Gasteiger charge is -2.31. The van der Waals surface area contributed by atoms with E-state index in [1.54, 1.807) is 0 Å². The van der Waals surface area contributed by atoms with Gasteiger partial charge < -0.3 is 5.73 Å². The lowest BCUT2D eigenvalue weighted by molar-refractivity contribution is 0.210. The van der Waals surface area contributed by atoms with Crippen molar-refractivity contribution in [3.8, 4) is 0 Å². The van der Waals surface area contributed by atoms with Gasteiger partial charge in [0.15, 0.2) is 0 Å². The van der Waals surface area contributed by atoms with Crippen LogP contribution in [0.5, 0.6) is 0 Å². The molecular formula is C10H21N3. The van der Waals surface area contributed by atoms with Crippen LogP contribution in [-0.4, -0.2) is 29.9 Å². The Morgan fingerprint density at radius 1 is 1.54 bits per heavy atom. The van der Waals surface area contributed by atoms with E-state index in [0.717, 1.165) is 6.42 Å². The molecule has 0 spiro atoms. The monoisotopic (exact) mass is 183 g/mol. The van der Waals surface area contributed by atoms with E-state index in [-0.39, 0.29) is 6.04 Å². The quantitative estimate of drug-likeness (QED) is 0.513. The molecule has 1 aliphatic rings. The molecule has 0 aromatic carbocycles. The summed E-state index contributed by atoms with van der Waals surface area (Å²) in [4.78, 5) is 2.29. The van der Waals surface area contributed by atoms with E-state index in [2.05, 4.69) is 18.9 Å². The maximum Gasteiger partial charge on any atom is 0.108 e. The van der Waals surface area contributed by atoms with Gasteiger partial charge in [0.05, 0.1) is 6.04 Å². The first kappa shape index (κ1) is 10.5. The van der Waals surface area contributed by atoms with E-state index in [0.29, 0.717) is 11.9 Å². The van der Waals surface area contributed by atoms with Crippen LogP contribution >= 0.6 is 0 Å². The molecule has 3 heteroatoms. The minimum absolute atomic E-state index is 0.156. The van der Waals surface area contributed by atoms with Crippen molar-refractivity contribution in [1.29, 1.82) is 5.41 Å². The maximum atomic E-state index is 7.48. The minimum Gasteiger partial charge on any atom is -0.386 e. The smallest absolute Gasteiger partial charge is 0.108 e. The van der Waals surface area contributed by atoms with E-state index < -0.39 is 0 Å². The standard InChI is InChI=1S/C10H21N3/c1-3-9(10(11)12)13(2)8-6-4-5-7-8/h8-9H,3-7H2,1-2H3,(H3,11,12). The summed E-state index contributed by atoms with van der Waals surface area (Å²) in [5, 5.41) is 7.48. The zero-order valence-corrected chi connectivity index (χ0v) is 8.71. The second kappa shape index (κ2) is 4.61. The summed E-state index contributed by atoms with van der Waals surface area (Å²) in [6, 6.07) is 0.817. The number of rotatable bonds is 4. The van der Waals surface area contributed by atoms with Gasteiger partial charge in [-0.25, -0.2) is 0 Å². The molecule has 3 nitrogen and oxygen atoms in total. The Morgan fingerprint density at radius 3 is 2.46 bits per heavy atom. The van der Waals surface area contributed by atoms with Gasteiger partial charge in [-0.1, -0.05) is 19.8 Å². The number of hydrogen-bond acceptors (Lipinski definition) is 2. The van der Waals surface area contributed by atoms with Crippen LogP contribution in [0.2, 0.25) is 0 Å². The Hall–Kier alpha value is -0.570. The molecule has 0 aromatic heterocycles. The zero-order valence-electron chi connectivity index (χ0n) is 8.71. The Balaban J connectivity index is 2.51. The van der Waals surface area contributed by atoms with Crippen molar-refractivity contribution in [2.45, 2.75) is 51.1 Å². The van der Waals surface area contributed by atoms with E-state index in [4.69, 9.17) is 11.1 Å². The van der Waals surface area contributed by atoms with Crippen molar-refractivity contribution in [2.75, 3.05) is 7.05 Å². The predicted molar refractivity (Wildman–Crippen MR) is 56.0 cm³/mol. The van der Waals surface area contributed by atoms with Crippen molar-refractivity contribution in [2.24, 2.45) is 5.73 Å². The summed E-state index contributed by atoms with van der Waals surface area (Å²) >= 11 is 0. The number of nitrogens with two attached hydrogens (primary N) is 1. The third-order valence-corrected chi connectivity index (χ3v) is 3.14. The molecule has 3 N–H and O–H groups in total. The number of likely N-dealkylation sites (N-methyl/N-ethyl adjacent to an activating group) is 1. The molecule has 76 valence electrons. The largest absolute Gasteiger partial charge is 0.386 e. The average molecular weight is 183 g/mol. The first-order valence-electron chi connectivity index (χ1n) is 5.22. The zero-order chi connectivity index (χ0) is 9.84. The van der Waals surface area contributed by atoms with Crippen LogP contribution in [0.4, 0.5) is 0 Å². The molecule has 0 bridgehead atoms. The second-order valence-corrected chi connectivity index (χ2v) is 3.98. The maximum absolute atomic E-state index is 7.48. The third-order valence-electron chi connectivity index (χ3n) is 3.14. The number of nitrogens with one attached hydrogen (secondary N) is 1. The summed E-state index contributed by atoms with van der Waals surface area (Å²) < 4.78 is 0. The molecule has 1 unspecified atom stereocenters. The lowest BCUT2D eigenvalue weighted by Crippen LogP contribution is -2.46. The summed E-state index contributed by atoms with van der Waals surface area (Å²) in [6.07, 6.45) is 6.18. The average Bonchev–Trinajstić information content (AvgIpc) is 2.56. The lowest BCUT2D eigenvalue weighted by atomic mass is 10.1. The van der Waals surface area contributed by atoms with Gasteiger partial charge in [0.1, 0.15) is 5.84 Å². The van der Waals surface area contributed by atoms with Gasteiger partial charge >= 0.3 is 0 Å². The summed E-state index contributed by atoms with van der Waals surface area (Å²) in [5.74, 6) is 0.317. The van der Waals surface area contributed by atoms with Crippen LogP contribution in [0.1, 0.15) is 39.0 Å². The highest BCUT2D eigenvalue weighted by Crippen LogP contribution is 2.24. The Bertz CT molecular complexity index is 173. The van der Waals surface area contributed by atoms with Gasteiger partial charge in [0, 0.05) is 6.04 Å². The fourth-order valence-electron chi connectivity index (χ4n) is 2.29. The van der Waals surface area contributed by atoms with Crippen LogP contribution < -0.4 is 5.73 Å². The predicted octanol–water partition coefficient (Wildman–Crippen LogP) is 1.58. The van der Waals surface area contributed by atoms with Crippen LogP contribution in [0.3, 0.4) is 0 Å². The molecule has 0 amide bonds. The van der Waals surface area contributed by atoms with Gasteiger partial charge in [0.25, 0.3) is 0 Å². The molecule has 13 heavy (non-hydrogen) atoms. The molecule has 1 atom stereocenters. The first-order chi connectivity index (χ1) is 6.16. The van der Waals surface area contributed by atoms with E-state index >= 15 is 0 Å². The molecule has 1 saturated carbocycles. The van der Waals surface area contributed by atoms with E-state index in [9.17, 15) is 0 Å². The summed E-state index contributed by atoms with van der Waals surface area (Å²) in [5.41, 5.74) is 5.56. The molecule has 0 radical (unpaired) electrons. The SMILES string of the molecule is CCC(C(=N)N)N(C)C1CCCC1. The Labute approximate surface area is 80.8 Å². The molecule has 0 heterocycles. The fraction of sp³-hybridized carbons (Fsp3) is 0.900. The van der Waals surface area contributed by atoms with Crippen LogP contribution in [0.15, 0.2) is 0 Å². The second-order valence-electron chi connectivity index (χ2n) is 3.98. The van der Waals surface area contributed by atoms with Crippen LogP contribution in [0, 0.1) is 5.41 Å². The number of amidine groups is 1. The molecular weight excluding hydrogens is 162 g/mol. The summed E-state index contributed by atoms with van der Waals surface area (Å²) in [7, 11) is 2.10. The van der Waals surface area contributed by atoms with Gasteiger partial charge in [-0.2, -0.15) is 0 Å². The normalized spacial score (nSPS) is 20.8. The van der Waals surface area contributed by atoms with Crippen molar-refractivity contribution < 1.29 is 0 Å². The molecule has 1 fully saturated rings. The highest BCUT2D eigenvalue weighted by atomic mass is 15.2. The van der Waals surface area contributed by atoms with E-state index in [1.165, 1.54) is 25.7 Å². The highest BCUT2D eigenvalue weighted by Gasteiger charge is 2.25. The van der Waals surface area contributed by atoms with Crippen molar-refractivity contribution >= 4 is 5.84 Å². The molecule has 0 aromatic rings. The van der Waals surface area contributed by atoms with Gasteiger partial charge in [-0.05, 0) is 26.3 Å². The van der Waals surface area contributed by atoms with Gasteiger partial charge in [-0.15, -0.1) is 0 Å². The first-order valence-corrected chi connectivity index (χ1v) is 5.22. The number of nitrogens with zero attached hydrogens (tertiary/aromatic N) is 1. The highest BCUT2D eigenvalue weighted by molar-refractivity contribution is 5.82. The fourth-order valence-corrected chi connectivity index (χ4v) is 2.29. The molecule has 1 aliphatic carbocycles. The molecule has 0 saturated heterocycles. The van der Waals surface area contributed by atoms with Crippen molar-refractivity contribution in [3.63, 3.8) is 0 Å². The topological polar surface area (TPSA) is 53.1 Å². The molecule has 1 rings (SSSR count). The third kappa shape index (κ3) is 2.44. The molecule has 0 aliphatic heterocycles. The summed E-state index contributed by atoms with van der Waals surface area (Å²) in [6.45, 7) is 2.09. The van der Waals surface area contributed by atoms with Crippen LogP contribution in [0.25, 0.3) is 0 Å².